The van der Waals surface area contributed by atoms with Gasteiger partial charge in [0.15, 0.2) is 11.4 Å². The van der Waals surface area contributed by atoms with Crippen molar-refractivity contribution >= 4 is 41.3 Å². The minimum absolute atomic E-state index is 0.0272. The summed E-state index contributed by atoms with van der Waals surface area (Å²) in [4.78, 5) is 100. The molecule has 5 amide bonds. The van der Waals surface area contributed by atoms with Crippen molar-refractivity contribution in [3.05, 3.63) is 23.3 Å². The third-order valence-corrected chi connectivity index (χ3v) is 14.2. The lowest BCUT2D eigenvalue weighted by atomic mass is 9.78. The largest absolute Gasteiger partial charge is 0.458 e. The SMILES string of the molecule is C/C=C(\C)C(=O)C(C)/C=C(\C)[C@H]1O[C@@](O)([C@@](O)(CC)C(=O)N[C@@H]2C(=O)N3NCCC[C@H]3C(=O)N(O)[C@@H](C)C(=O)N(C)[C@H](C)C(=O)N3NCCC[C@H]3CNC([C@H](C)O)C(=O)O[C@H]2C(C)C)CC[C@@H]1C. The third kappa shape index (κ3) is 12.0. The van der Waals surface area contributed by atoms with Gasteiger partial charge in [0.25, 0.3) is 23.6 Å². The number of cyclic esters (lactones) is 1. The predicted molar refractivity (Wildman–Crippen MR) is 247 cm³/mol. The third-order valence-electron chi connectivity index (χ3n) is 14.2. The van der Waals surface area contributed by atoms with Crippen LogP contribution in [0.1, 0.15) is 121 Å². The Labute approximate surface area is 400 Å². The first-order valence-corrected chi connectivity index (χ1v) is 24.1. The molecule has 0 aromatic rings. The first-order chi connectivity index (χ1) is 31.8. The number of aliphatic hydroxyl groups is 3. The number of allylic oxidation sites excluding steroid dienone is 3. The van der Waals surface area contributed by atoms with Crippen LogP contribution < -0.4 is 21.5 Å². The highest BCUT2D eigenvalue weighted by Gasteiger charge is 2.59. The molecule has 8 N–H and O–H groups in total. The second-order valence-corrected chi connectivity index (χ2v) is 19.5. The van der Waals surface area contributed by atoms with Gasteiger partial charge >= 0.3 is 5.97 Å². The number of rotatable bonds is 10. The van der Waals surface area contributed by atoms with E-state index >= 15 is 4.79 Å². The second kappa shape index (κ2) is 23.5. The molecule has 2 unspecified atom stereocenters. The van der Waals surface area contributed by atoms with Gasteiger partial charge in [-0.15, -0.1) is 0 Å². The van der Waals surface area contributed by atoms with E-state index < -0.39 is 120 Å². The van der Waals surface area contributed by atoms with E-state index in [0.29, 0.717) is 37.0 Å². The number of hydroxylamine groups is 2. The Morgan fingerprint density at radius 3 is 2.13 bits per heavy atom. The molecule has 4 saturated heterocycles. The lowest BCUT2D eigenvalue weighted by Gasteiger charge is -2.49. The second-order valence-electron chi connectivity index (χ2n) is 19.5. The Morgan fingerprint density at radius 1 is 0.926 bits per heavy atom. The molecule has 68 heavy (non-hydrogen) atoms. The number of nitrogens with zero attached hydrogens (tertiary/aromatic N) is 4. The number of esters is 1. The molecule has 4 aliphatic rings. The van der Waals surface area contributed by atoms with Crippen LogP contribution in [0.4, 0.5) is 0 Å². The molecule has 0 bridgehead atoms. The number of aliphatic hydroxyl groups excluding tert-OH is 1. The number of ether oxygens (including phenoxy) is 2. The minimum Gasteiger partial charge on any atom is -0.458 e. The number of likely N-dealkylation sites (N-methyl/N-ethyl adjacent to an activating group) is 1. The van der Waals surface area contributed by atoms with Gasteiger partial charge in [0.1, 0.15) is 36.3 Å². The zero-order valence-corrected chi connectivity index (χ0v) is 41.9. The van der Waals surface area contributed by atoms with Crippen molar-refractivity contribution in [3.8, 4) is 0 Å². The lowest BCUT2D eigenvalue weighted by Crippen LogP contribution is -2.71. The molecule has 4 heterocycles. The summed E-state index contributed by atoms with van der Waals surface area (Å²) in [5, 5.41) is 55.2. The maximum Gasteiger partial charge on any atom is 0.326 e. The van der Waals surface area contributed by atoms with E-state index in [1.165, 1.54) is 39.8 Å². The van der Waals surface area contributed by atoms with Crippen LogP contribution in [-0.4, -0.2) is 174 Å². The zero-order chi connectivity index (χ0) is 51.2. The summed E-state index contributed by atoms with van der Waals surface area (Å²) in [5.41, 5.74) is 4.33. The van der Waals surface area contributed by atoms with Crippen LogP contribution in [0.5, 0.6) is 0 Å². The number of hydrazine groups is 2. The van der Waals surface area contributed by atoms with Gasteiger partial charge in [-0.25, -0.2) is 15.9 Å². The van der Waals surface area contributed by atoms with E-state index in [-0.39, 0.29) is 49.1 Å². The average molecular weight is 963 g/mol. The maximum atomic E-state index is 15.2. The molecular formula is C47H78N8O13. The summed E-state index contributed by atoms with van der Waals surface area (Å²) in [6, 6.07) is -8.04. The number of amides is 5. The van der Waals surface area contributed by atoms with Gasteiger partial charge in [0.05, 0.1) is 18.2 Å². The monoisotopic (exact) mass is 963 g/mol. The first kappa shape index (κ1) is 56.2. The number of carbonyl (C=O) groups excluding carboxylic acids is 7. The molecule has 0 aliphatic carbocycles. The van der Waals surface area contributed by atoms with Gasteiger partial charge in [-0.1, -0.05) is 46.8 Å². The van der Waals surface area contributed by atoms with Gasteiger partial charge in [-0.2, -0.15) is 0 Å². The molecule has 21 nitrogen and oxygen atoms in total. The number of ketones is 1. The van der Waals surface area contributed by atoms with E-state index in [2.05, 4.69) is 21.5 Å². The van der Waals surface area contributed by atoms with Gasteiger partial charge in [0, 0.05) is 39.0 Å². The van der Waals surface area contributed by atoms with Crippen LogP contribution in [0.2, 0.25) is 0 Å². The smallest absolute Gasteiger partial charge is 0.326 e. The Kier molecular flexibility index (Phi) is 19.4. The molecule has 21 heteroatoms. The normalized spacial score (nSPS) is 33.4. The summed E-state index contributed by atoms with van der Waals surface area (Å²) in [5.74, 6) is -9.94. The Bertz CT molecular complexity index is 1930. The fourth-order valence-electron chi connectivity index (χ4n) is 9.44. The van der Waals surface area contributed by atoms with Crippen LogP contribution in [-0.2, 0) is 43.0 Å². The number of fused-ring (bicyclic) bond motifs is 2. The fourth-order valence-corrected chi connectivity index (χ4v) is 9.44. The van der Waals surface area contributed by atoms with Crippen LogP contribution in [0.15, 0.2) is 23.3 Å². The summed E-state index contributed by atoms with van der Waals surface area (Å²) in [6.07, 6.45) is 0.652. The van der Waals surface area contributed by atoms with Crippen molar-refractivity contribution in [2.24, 2.45) is 17.8 Å². The highest BCUT2D eigenvalue weighted by Crippen LogP contribution is 2.42. The summed E-state index contributed by atoms with van der Waals surface area (Å²) < 4.78 is 12.4. The van der Waals surface area contributed by atoms with Crippen LogP contribution in [0, 0.1) is 17.8 Å². The fraction of sp³-hybridized carbons (Fsp3) is 0.766. The van der Waals surface area contributed by atoms with Gasteiger partial charge < -0.3 is 40.3 Å². The zero-order valence-electron chi connectivity index (χ0n) is 41.9. The first-order valence-electron chi connectivity index (χ1n) is 24.1. The number of hydrogen-bond donors (Lipinski definition) is 8. The lowest BCUT2D eigenvalue weighted by molar-refractivity contribution is -0.325. The van der Waals surface area contributed by atoms with E-state index in [9.17, 15) is 49.3 Å². The Hall–Kier alpha value is -4.35. The summed E-state index contributed by atoms with van der Waals surface area (Å²) in [7, 11) is 1.36. The molecule has 384 valence electrons. The summed E-state index contributed by atoms with van der Waals surface area (Å²) in [6.45, 7) is 18.1. The van der Waals surface area contributed by atoms with Crippen molar-refractivity contribution in [2.45, 2.75) is 187 Å². The van der Waals surface area contributed by atoms with E-state index in [4.69, 9.17) is 9.47 Å². The maximum absolute atomic E-state index is 15.2. The van der Waals surface area contributed by atoms with Crippen molar-refractivity contribution in [2.75, 3.05) is 26.7 Å². The molecule has 0 saturated carbocycles. The molecule has 0 aromatic carbocycles. The minimum atomic E-state index is -2.75. The van der Waals surface area contributed by atoms with Crippen LogP contribution >= 0.6 is 0 Å². The van der Waals surface area contributed by atoms with Crippen molar-refractivity contribution in [1.82, 2.24) is 41.5 Å². The highest BCUT2D eigenvalue weighted by molar-refractivity contribution is 5.98. The average Bonchev–Trinajstić information content (AvgIpc) is 3.32. The molecule has 0 aromatic heterocycles. The Morgan fingerprint density at radius 2 is 1.54 bits per heavy atom. The molecule has 4 fully saturated rings. The van der Waals surface area contributed by atoms with Crippen molar-refractivity contribution < 1.29 is 63.6 Å². The number of nitrogens with one attached hydrogen (secondary N) is 4. The Balaban J connectivity index is 1.82. The van der Waals surface area contributed by atoms with Crippen molar-refractivity contribution in [3.63, 3.8) is 0 Å². The molecular weight excluding hydrogens is 885 g/mol. The number of hydrogen-bond acceptors (Lipinski definition) is 16. The molecule has 13 atom stereocenters. The van der Waals surface area contributed by atoms with Crippen LogP contribution in [0.3, 0.4) is 0 Å². The van der Waals surface area contributed by atoms with E-state index in [1.807, 2.05) is 6.92 Å². The molecule has 0 radical (unpaired) electrons. The highest BCUT2D eigenvalue weighted by atomic mass is 16.7. The van der Waals surface area contributed by atoms with Crippen LogP contribution in [0.25, 0.3) is 0 Å². The van der Waals surface area contributed by atoms with Gasteiger partial charge in [-0.05, 0) is 103 Å². The summed E-state index contributed by atoms with van der Waals surface area (Å²) >= 11 is 0. The molecule has 4 aliphatic heterocycles. The topological polar surface area (TPSA) is 280 Å². The van der Waals surface area contributed by atoms with E-state index in [0.717, 1.165) is 9.91 Å². The van der Waals surface area contributed by atoms with Crippen molar-refractivity contribution in [1.29, 1.82) is 0 Å². The number of carbonyl (C=O) groups is 7. The predicted octanol–water partition coefficient (Wildman–Crippen LogP) is 0.599. The quantitative estimate of drug-likeness (QED) is 0.0644. The number of Topliss-reactive ketones (excluding diaryl/α,β-unsaturated/α-hetero) is 1. The van der Waals surface area contributed by atoms with Gasteiger partial charge in [0.2, 0.25) is 11.7 Å². The van der Waals surface area contributed by atoms with E-state index in [1.54, 1.807) is 53.7 Å². The van der Waals surface area contributed by atoms with Gasteiger partial charge in [-0.3, -0.25) is 48.8 Å². The standard InChI is InChI=1S/C47H78N8O13/c1-13-26(5)37(57)28(7)23-29(8)39-27(6)19-20-47(65,68-39)46(64,14-2)45(63)51-36-38(25(3)4)67-44(62)35(32(11)56)48-24-33-17-15-21-49-53(33)41(59)30(9)52(12)40(58)31(10)55(66)42(60)34-18-16-22-50-54(34)43(36)61/h13,23,25,27-28,30-36,38-39,48-50,56,64-66H,14-22,24H2,1-12H3,(H,51,63)/b26-13+,29-23+/t27-,28?,30+,31-,32-,33-,34-,35?,36-,38-,39-,46+,47+/m0/s1. The molecule has 0 spiro atoms. The molecule has 4 rings (SSSR count).